The van der Waals surface area contributed by atoms with E-state index in [0.717, 1.165) is 23.1 Å². The zero-order valence-electron chi connectivity index (χ0n) is 25.6. The average Bonchev–Trinajstić information content (AvgIpc) is 2.98. The lowest BCUT2D eigenvalue weighted by atomic mass is 9.79. The fourth-order valence-corrected chi connectivity index (χ4v) is 6.63. The molecule has 0 saturated heterocycles. The fraction of sp³-hybridized carbons (Fsp3) is 0.457. The SMILES string of the molecule is CC(C)(C)[Si](C)(C)O[C@H]1C[C@H](COCc2ccccc2)[C@@H](OCc2ccccc2)[C@H](OCc2ccccc2)[C@H]1N=C=S. The Balaban J connectivity index is 1.65. The van der Waals surface area contributed by atoms with Crippen LogP contribution >= 0.6 is 12.2 Å². The van der Waals surface area contributed by atoms with E-state index in [-0.39, 0.29) is 29.2 Å². The Hall–Kier alpha value is -2.48. The molecule has 0 radical (unpaired) electrons. The van der Waals surface area contributed by atoms with Crippen LogP contribution in [0.3, 0.4) is 0 Å². The van der Waals surface area contributed by atoms with Crippen LogP contribution < -0.4 is 0 Å². The average molecular weight is 604 g/mol. The molecule has 0 aliphatic heterocycles. The minimum atomic E-state index is -2.15. The summed E-state index contributed by atoms with van der Waals surface area (Å²) in [5, 5.41) is 2.71. The monoisotopic (exact) mass is 603 g/mol. The Kier molecular flexibility index (Phi) is 11.8. The number of isothiocyanates is 1. The molecule has 5 atom stereocenters. The standard InChI is InChI=1S/C35H45NO4SSi/c1-35(2,3)42(4,5)40-31-21-30(25-37-22-27-15-9-6-10-16-27)33(38-23-28-17-11-7-12-18-28)34(32(31)36-26-41)39-24-29-19-13-8-14-20-29/h6-20,30-34H,21-25H2,1-5H3/t30-,31+,32+,33-,34-/m1/s1. The number of hydrogen-bond donors (Lipinski definition) is 0. The van der Waals surface area contributed by atoms with Crippen LogP contribution in [-0.4, -0.2) is 44.4 Å². The lowest BCUT2D eigenvalue weighted by Crippen LogP contribution is -2.59. The highest BCUT2D eigenvalue weighted by Crippen LogP contribution is 2.42. The number of hydrogen-bond acceptors (Lipinski definition) is 6. The molecule has 0 spiro atoms. The van der Waals surface area contributed by atoms with Gasteiger partial charge in [0.25, 0.3) is 0 Å². The van der Waals surface area contributed by atoms with Crippen LogP contribution in [-0.2, 0) is 38.5 Å². The topological polar surface area (TPSA) is 49.3 Å². The number of benzene rings is 3. The van der Waals surface area contributed by atoms with E-state index in [2.05, 4.69) is 75.4 Å². The van der Waals surface area contributed by atoms with E-state index < -0.39 is 14.4 Å². The summed E-state index contributed by atoms with van der Waals surface area (Å²) in [7, 11) is -2.15. The van der Waals surface area contributed by atoms with Crippen molar-refractivity contribution in [1.82, 2.24) is 0 Å². The van der Waals surface area contributed by atoms with E-state index in [0.29, 0.717) is 26.4 Å². The summed E-state index contributed by atoms with van der Waals surface area (Å²) >= 11 is 5.18. The molecule has 0 unspecified atom stereocenters. The third kappa shape index (κ3) is 9.01. The van der Waals surface area contributed by atoms with E-state index >= 15 is 0 Å². The number of ether oxygens (including phenoxy) is 3. The second-order valence-electron chi connectivity index (χ2n) is 12.6. The minimum absolute atomic E-state index is 0.0320. The zero-order chi connectivity index (χ0) is 30.0. The fourth-order valence-electron chi connectivity index (χ4n) is 5.16. The summed E-state index contributed by atoms with van der Waals surface area (Å²) in [4.78, 5) is 4.71. The summed E-state index contributed by atoms with van der Waals surface area (Å²) in [6.45, 7) is 13.3. The van der Waals surface area contributed by atoms with Crippen molar-refractivity contribution < 1.29 is 18.6 Å². The molecule has 4 rings (SSSR count). The van der Waals surface area contributed by atoms with Crippen molar-refractivity contribution in [2.75, 3.05) is 6.61 Å². The highest BCUT2D eigenvalue weighted by molar-refractivity contribution is 7.78. The summed E-state index contributed by atoms with van der Waals surface area (Å²) in [6, 6.07) is 30.4. The molecule has 224 valence electrons. The Morgan fingerprint density at radius 1 is 0.762 bits per heavy atom. The van der Waals surface area contributed by atoms with Gasteiger partial charge in [0, 0.05) is 5.92 Å². The maximum Gasteiger partial charge on any atom is 0.192 e. The second-order valence-corrected chi connectivity index (χ2v) is 17.6. The van der Waals surface area contributed by atoms with Gasteiger partial charge in [-0.1, -0.05) is 112 Å². The number of rotatable bonds is 13. The molecule has 1 aliphatic carbocycles. The largest absolute Gasteiger partial charge is 0.412 e. The third-order valence-corrected chi connectivity index (χ3v) is 13.1. The molecular weight excluding hydrogens is 559 g/mol. The summed E-state index contributed by atoms with van der Waals surface area (Å²) in [6.07, 6.45) is -0.125. The van der Waals surface area contributed by atoms with E-state index in [1.165, 1.54) is 0 Å². The van der Waals surface area contributed by atoms with Gasteiger partial charge in [-0.2, -0.15) is 0 Å². The molecule has 5 nitrogen and oxygen atoms in total. The lowest BCUT2D eigenvalue weighted by molar-refractivity contribution is -0.167. The maximum atomic E-state index is 7.06. The van der Waals surface area contributed by atoms with E-state index in [4.69, 9.17) is 35.8 Å². The van der Waals surface area contributed by atoms with E-state index in [1.54, 1.807) is 0 Å². The Labute approximate surface area is 258 Å². The molecule has 0 bridgehead atoms. The molecular formula is C35H45NO4SSi. The van der Waals surface area contributed by atoms with Gasteiger partial charge < -0.3 is 18.6 Å². The van der Waals surface area contributed by atoms with Crippen LogP contribution in [0.5, 0.6) is 0 Å². The number of thiocarbonyl (C=S) groups is 1. The van der Waals surface area contributed by atoms with Gasteiger partial charge in [0.2, 0.25) is 0 Å². The van der Waals surface area contributed by atoms with Crippen molar-refractivity contribution in [3.8, 4) is 0 Å². The Bertz CT molecular complexity index is 1260. The van der Waals surface area contributed by atoms with Crippen LogP contribution in [0.2, 0.25) is 18.1 Å². The molecule has 0 amide bonds. The summed E-state index contributed by atoms with van der Waals surface area (Å²) in [5.74, 6) is 0.0320. The van der Waals surface area contributed by atoms with E-state index in [1.807, 2.05) is 54.6 Å². The molecule has 0 aromatic heterocycles. The Morgan fingerprint density at radius 3 is 1.71 bits per heavy atom. The van der Waals surface area contributed by atoms with Gasteiger partial charge in [0.15, 0.2) is 8.32 Å². The summed E-state index contributed by atoms with van der Waals surface area (Å²) < 4.78 is 26.9. The molecule has 0 N–H and O–H groups in total. The predicted molar refractivity (Wildman–Crippen MR) is 175 cm³/mol. The van der Waals surface area contributed by atoms with Crippen LogP contribution in [0.4, 0.5) is 0 Å². The predicted octanol–water partition coefficient (Wildman–Crippen LogP) is 8.26. The van der Waals surface area contributed by atoms with Gasteiger partial charge in [-0.3, -0.25) is 0 Å². The van der Waals surface area contributed by atoms with Crippen LogP contribution in [0.15, 0.2) is 96.0 Å². The highest BCUT2D eigenvalue weighted by atomic mass is 32.1. The Morgan fingerprint density at radius 2 is 1.24 bits per heavy atom. The van der Waals surface area contributed by atoms with Gasteiger partial charge in [-0.15, -0.1) is 0 Å². The third-order valence-electron chi connectivity index (χ3n) is 8.51. The van der Waals surface area contributed by atoms with Crippen molar-refractivity contribution in [3.63, 3.8) is 0 Å². The van der Waals surface area contributed by atoms with Gasteiger partial charge >= 0.3 is 0 Å². The smallest absolute Gasteiger partial charge is 0.192 e. The molecule has 3 aromatic carbocycles. The second kappa shape index (κ2) is 15.3. The first-order valence-electron chi connectivity index (χ1n) is 14.9. The first-order chi connectivity index (χ1) is 20.2. The first kappa shape index (κ1) is 32.4. The van der Waals surface area contributed by atoms with Crippen molar-refractivity contribution in [2.45, 2.75) is 89.5 Å². The van der Waals surface area contributed by atoms with Crippen molar-refractivity contribution in [2.24, 2.45) is 10.9 Å². The van der Waals surface area contributed by atoms with Crippen LogP contribution in [0, 0.1) is 5.92 Å². The lowest BCUT2D eigenvalue weighted by Gasteiger charge is -2.48. The molecule has 42 heavy (non-hydrogen) atoms. The van der Waals surface area contributed by atoms with Gasteiger partial charge in [-0.25, -0.2) is 4.99 Å². The molecule has 1 aliphatic rings. The molecule has 1 saturated carbocycles. The first-order valence-corrected chi connectivity index (χ1v) is 18.2. The molecule has 1 fully saturated rings. The maximum absolute atomic E-state index is 7.06. The molecule has 7 heteroatoms. The van der Waals surface area contributed by atoms with Gasteiger partial charge in [-0.05, 0) is 53.5 Å². The van der Waals surface area contributed by atoms with Gasteiger partial charge in [0.05, 0.1) is 43.8 Å². The minimum Gasteiger partial charge on any atom is -0.412 e. The molecule has 3 aromatic rings. The highest BCUT2D eigenvalue weighted by Gasteiger charge is 2.50. The number of aliphatic imine (C=N–C) groups is 1. The van der Waals surface area contributed by atoms with Crippen molar-refractivity contribution in [1.29, 1.82) is 0 Å². The van der Waals surface area contributed by atoms with E-state index in [9.17, 15) is 0 Å². The van der Waals surface area contributed by atoms with Crippen molar-refractivity contribution >= 4 is 25.7 Å². The van der Waals surface area contributed by atoms with Crippen LogP contribution in [0.25, 0.3) is 0 Å². The van der Waals surface area contributed by atoms with Crippen LogP contribution in [0.1, 0.15) is 43.9 Å². The summed E-state index contributed by atoms with van der Waals surface area (Å²) in [5.41, 5.74) is 3.34. The quantitative estimate of drug-likeness (QED) is 0.112. The van der Waals surface area contributed by atoms with Crippen molar-refractivity contribution in [3.05, 3.63) is 108 Å². The zero-order valence-corrected chi connectivity index (χ0v) is 27.4. The molecule has 0 heterocycles. The number of nitrogens with zero attached hydrogens (tertiary/aromatic N) is 1. The normalized spacial score (nSPS) is 22.8. The van der Waals surface area contributed by atoms with Gasteiger partial charge in [0.1, 0.15) is 12.1 Å².